The van der Waals surface area contributed by atoms with Crippen LogP contribution in [0, 0.1) is 0 Å². The maximum Gasteiger partial charge on any atom is 0.322 e. The number of hydrogen-bond donors (Lipinski definition) is 1. The summed E-state index contributed by atoms with van der Waals surface area (Å²) >= 11 is 1.70. The molecule has 0 spiro atoms. The van der Waals surface area contributed by atoms with Crippen LogP contribution in [0.5, 0.6) is 6.01 Å². The molecule has 0 saturated carbocycles. The fourth-order valence-corrected chi connectivity index (χ4v) is 2.23. The Labute approximate surface area is 109 Å². The molecule has 2 aromatic heterocycles. The SMILES string of the molecule is CCN(Cc1cccs1)c1nc(N)nc(OC)n1. The number of aromatic nitrogens is 3. The third kappa shape index (κ3) is 2.86. The van der Waals surface area contributed by atoms with Crippen molar-refractivity contribution in [2.24, 2.45) is 0 Å². The molecule has 0 radical (unpaired) electrons. The molecule has 0 bridgehead atoms. The Hall–Kier alpha value is -1.89. The van der Waals surface area contributed by atoms with E-state index in [1.165, 1.54) is 12.0 Å². The van der Waals surface area contributed by atoms with E-state index in [0.717, 1.165) is 13.1 Å². The number of ether oxygens (including phenoxy) is 1. The normalized spacial score (nSPS) is 10.3. The summed E-state index contributed by atoms with van der Waals surface area (Å²) in [5.41, 5.74) is 5.63. The molecular formula is C11H15N5OS. The van der Waals surface area contributed by atoms with Gasteiger partial charge in [0.05, 0.1) is 13.7 Å². The molecule has 0 aliphatic carbocycles. The van der Waals surface area contributed by atoms with Crippen molar-refractivity contribution in [3.8, 4) is 6.01 Å². The van der Waals surface area contributed by atoms with Crippen molar-refractivity contribution >= 4 is 23.2 Å². The van der Waals surface area contributed by atoms with Crippen molar-refractivity contribution in [1.29, 1.82) is 0 Å². The van der Waals surface area contributed by atoms with Crippen molar-refractivity contribution in [3.05, 3.63) is 22.4 Å². The van der Waals surface area contributed by atoms with Gasteiger partial charge in [-0.05, 0) is 18.4 Å². The highest BCUT2D eigenvalue weighted by atomic mass is 32.1. The summed E-state index contributed by atoms with van der Waals surface area (Å²) in [5.74, 6) is 0.705. The topological polar surface area (TPSA) is 77.2 Å². The molecule has 18 heavy (non-hydrogen) atoms. The molecule has 0 fully saturated rings. The van der Waals surface area contributed by atoms with Crippen LogP contribution < -0.4 is 15.4 Å². The fourth-order valence-electron chi connectivity index (χ4n) is 1.51. The minimum absolute atomic E-state index is 0.168. The van der Waals surface area contributed by atoms with Crippen LogP contribution in [-0.4, -0.2) is 28.6 Å². The lowest BCUT2D eigenvalue weighted by atomic mass is 10.4. The number of nitrogen functional groups attached to an aromatic ring is 1. The molecule has 0 aromatic carbocycles. The summed E-state index contributed by atoms with van der Waals surface area (Å²) in [4.78, 5) is 15.5. The average molecular weight is 265 g/mol. The maximum absolute atomic E-state index is 5.63. The van der Waals surface area contributed by atoms with E-state index in [-0.39, 0.29) is 12.0 Å². The van der Waals surface area contributed by atoms with Gasteiger partial charge < -0.3 is 15.4 Å². The lowest BCUT2D eigenvalue weighted by Crippen LogP contribution is -2.24. The summed E-state index contributed by atoms with van der Waals surface area (Å²) < 4.78 is 5.00. The highest BCUT2D eigenvalue weighted by molar-refractivity contribution is 7.09. The van der Waals surface area contributed by atoms with Gasteiger partial charge in [0.1, 0.15) is 0 Å². The third-order valence-corrected chi connectivity index (χ3v) is 3.26. The van der Waals surface area contributed by atoms with E-state index in [1.807, 2.05) is 23.3 Å². The number of hydrogen-bond acceptors (Lipinski definition) is 7. The van der Waals surface area contributed by atoms with Crippen LogP contribution in [0.2, 0.25) is 0 Å². The third-order valence-electron chi connectivity index (χ3n) is 2.39. The van der Waals surface area contributed by atoms with Crippen molar-refractivity contribution < 1.29 is 4.74 Å². The van der Waals surface area contributed by atoms with Gasteiger partial charge in [-0.2, -0.15) is 15.0 Å². The van der Waals surface area contributed by atoms with Gasteiger partial charge >= 0.3 is 6.01 Å². The fraction of sp³-hybridized carbons (Fsp3) is 0.364. The molecule has 0 saturated heterocycles. The zero-order valence-electron chi connectivity index (χ0n) is 10.3. The second-order valence-electron chi connectivity index (χ2n) is 3.57. The first kappa shape index (κ1) is 12.6. The number of methoxy groups -OCH3 is 1. The van der Waals surface area contributed by atoms with Crippen LogP contribution in [0.15, 0.2) is 17.5 Å². The number of thiophene rings is 1. The molecular weight excluding hydrogens is 250 g/mol. The zero-order valence-corrected chi connectivity index (χ0v) is 11.1. The summed E-state index contributed by atoms with van der Waals surface area (Å²) in [6.07, 6.45) is 0. The van der Waals surface area contributed by atoms with Gasteiger partial charge in [0.2, 0.25) is 11.9 Å². The van der Waals surface area contributed by atoms with Crippen molar-refractivity contribution in [1.82, 2.24) is 15.0 Å². The molecule has 0 atom stereocenters. The molecule has 2 N–H and O–H groups in total. The molecule has 2 aromatic rings. The van der Waals surface area contributed by atoms with Crippen LogP contribution >= 0.6 is 11.3 Å². The van der Waals surface area contributed by atoms with Crippen LogP contribution in [0.3, 0.4) is 0 Å². The largest absolute Gasteiger partial charge is 0.467 e. The first-order valence-corrected chi connectivity index (χ1v) is 6.43. The lowest BCUT2D eigenvalue weighted by Gasteiger charge is -2.20. The Morgan fingerprint density at radius 3 is 2.83 bits per heavy atom. The molecule has 6 nitrogen and oxygen atoms in total. The zero-order chi connectivity index (χ0) is 13.0. The van der Waals surface area contributed by atoms with Gasteiger partial charge in [-0.25, -0.2) is 0 Å². The van der Waals surface area contributed by atoms with Crippen LogP contribution in [-0.2, 0) is 6.54 Å². The first-order valence-electron chi connectivity index (χ1n) is 5.55. The highest BCUT2D eigenvalue weighted by Gasteiger charge is 2.12. The Bertz CT molecular complexity index is 502. The Balaban J connectivity index is 2.24. The van der Waals surface area contributed by atoms with Crippen molar-refractivity contribution in [2.75, 3.05) is 24.3 Å². The molecule has 2 heterocycles. The summed E-state index contributed by atoms with van der Waals surface area (Å²) in [5, 5.41) is 2.05. The molecule has 0 unspecified atom stereocenters. The Morgan fingerprint density at radius 1 is 1.39 bits per heavy atom. The molecule has 0 aliphatic heterocycles. The van der Waals surface area contributed by atoms with Gasteiger partial charge in [0.25, 0.3) is 0 Å². The summed E-state index contributed by atoms with van der Waals surface area (Å²) in [6.45, 7) is 3.57. The minimum atomic E-state index is 0.168. The van der Waals surface area contributed by atoms with E-state index in [4.69, 9.17) is 10.5 Å². The van der Waals surface area contributed by atoms with Crippen molar-refractivity contribution in [2.45, 2.75) is 13.5 Å². The Kier molecular flexibility index (Phi) is 3.93. The van der Waals surface area contributed by atoms with E-state index in [9.17, 15) is 0 Å². The van der Waals surface area contributed by atoms with Gasteiger partial charge in [0, 0.05) is 11.4 Å². The minimum Gasteiger partial charge on any atom is -0.467 e. The van der Waals surface area contributed by atoms with Crippen LogP contribution in [0.4, 0.5) is 11.9 Å². The molecule has 0 amide bonds. The highest BCUT2D eigenvalue weighted by Crippen LogP contribution is 2.18. The quantitative estimate of drug-likeness (QED) is 0.883. The molecule has 0 aliphatic rings. The van der Waals surface area contributed by atoms with E-state index in [1.54, 1.807) is 11.3 Å². The van der Waals surface area contributed by atoms with Gasteiger partial charge in [-0.1, -0.05) is 6.07 Å². The maximum atomic E-state index is 5.63. The Morgan fingerprint density at radius 2 is 2.22 bits per heavy atom. The predicted molar refractivity (Wildman–Crippen MR) is 71.8 cm³/mol. The van der Waals surface area contributed by atoms with Gasteiger partial charge in [-0.3, -0.25) is 0 Å². The second kappa shape index (κ2) is 5.63. The van der Waals surface area contributed by atoms with E-state index >= 15 is 0 Å². The van der Waals surface area contributed by atoms with E-state index in [0.29, 0.717) is 5.95 Å². The summed E-state index contributed by atoms with van der Waals surface area (Å²) in [7, 11) is 1.51. The van der Waals surface area contributed by atoms with E-state index < -0.39 is 0 Å². The monoisotopic (exact) mass is 265 g/mol. The number of anilines is 2. The number of rotatable bonds is 5. The van der Waals surface area contributed by atoms with E-state index in [2.05, 4.69) is 21.0 Å². The lowest BCUT2D eigenvalue weighted by molar-refractivity contribution is 0.379. The first-order chi connectivity index (χ1) is 8.72. The smallest absolute Gasteiger partial charge is 0.322 e. The van der Waals surface area contributed by atoms with Gasteiger partial charge in [-0.15, -0.1) is 11.3 Å². The summed E-state index contributed by atoms with van der Waals surface area (Å²) in [6, 6.07) is 4.34. The second-order valence-corrected chi connectivity index (χ2v) is 4.61. The number of nitrogens with zero attached hydrogens (tertiary/aromatic N) is 4. The average Bonchev–Trinajstić information content (AvgIpc) is 2.88. The molecule has 2 rings (SSSR count). The molecule has 96 valence electrons. The predicted octanol–water partition coefficient (Wildman–Crippen LogP) is 1.55. The van der Waals surface area contributed by atoms with Crippen LogP contribution in [0.25, 0.3) is 0 Å². The molecule has 7 heteroatoms. The van der Waals surface area contributed by atoms with Crippen LogP contribution in [0.1, 0.15) is 11.8 Å². The standard InChI is InChI=1S/C11H15N5OS/c1-3-16(7-8-5-4-6-18-8)10-13-9(12)14-11(15-10)17-2/h4-6H,3,7H2,1-2H3,(H2,12,13,14,15). The van der Waals surface area contributed by atoms with Crippen molar-refractivity contribution in [3.63, 3.8) is 0 Å². The number of nitrogens with two attached hydrogens (primary N) is 1. The van der Waals surface area contributed by atoms with Gasteiger partial charge in [0.15, 0.2) is 0 Å².